The minimum Gasteiger partial charge on any atom is -0.481 e. The Morgan fingerprint density at radius 1 is 1.12 bits per heavy atom. The third-order valence-corrected chi connectivity index (χ3v) is 6.27. The van der Waals surface area contributed by atoms with Gasteiger partial charge >= 0.3 is 0 Å². The molecule has 1 N–H and O–H groups in total. The van der Waals surface area contributed by atoms with Crippen molar-refractivity contribution in [1.29, 1.82) is 0 Å². The number of sulfonamides is 1. The average Bonchev–Trinajstić information content (AvgIpc) is 2.61. The maximum absolute atomic E-state index is 12.7. The highest BCUT2D eigenvalue weighted by Gasteiger charge is 2.28. The van der Waals surface area contributed by atoms with Crippen molar-refractivity contribution in [3.05, 3.63) is 24.3 Å². The van der Waals surface area contributed by atoms with E-state index in [2.05, 4.69) is 17.1 Å². The molecule has 1 amide bonds. The third kappa shape index (κ3) is 5.18. The number of nitrogens with one attached hydrogen (secondary N) is 1. The van der Waals surface area contributed by atoms with Crippen LogP contribution in [0.25, 0.3) is 0 Å². The van der Waals surface area contributed by atoms with E-state index in [1.54, 1.807) is 19.1 Å². The topological polar surface area (TPSA) is 79.0 Å². The molecule has 26 heavy (non-hydrogen) atoms. The molecule has 1 aliphatic rings. The largest absolute Gasteiger partial charge is 0.481 e. The van der Waals surface area contributed by atoms with Gasteiger partial charge in [0.15, 0.2) is 6.10 Å². The molecule has 7 nitrogen and oxygen atoms in total. The summed E-state index contributed by atoms with van der Waals surface area (Å²) in [6.45, 7) is 10.9. The number of carbonyl (C=O) groups excluding carboxylic acids is 1. The fourth-order valence-corrected chi connectivity index (χ4v) is 4.21. The van der Waals surface area contributed by atoms with Crippen LogP contribution in [0.4, 0.5) is 0 Å². The molecule has 0 bridgehead atoms. The number of piperazine rings is 1. The highest BCUT2D eigenvalue weighted by Crippen LogP contribution is 2.21. The van der Waals surface area contributed by atoms with Gasteiger partial charge in [-0.3, -0.25) is 4.79 Å². The Hall–Kier alpha value is -1.64. The maximum Gasteiger partial charge on any atom is 0.260 e. The van der Waals surface area contributed by atoms with E-state index in [4.69, 9.17) is 4.74 Å². The van der Waals surface area contributed by atoms with Gasteiger partial charge in [0.05, 0.1) is 4.90 Å². The number of hydrogen-bond donors (Lipinski definition) is 1. The number of rotatable bonds is 7. The molecule has 1 aliphatic heterocycles. The standard InChI is InChI=1S/C18H29N3O4S/c1-5-20-10-12-21(13-11-20)26(23,24)17-8-6-16(7-9-17)25-15(4)18(22)19-14(2)3/h6-9,14-15H,5,10-13H2,1-4H3,(H,19,22)/t15-/m1/s1. The van der Waals surface area contributed by atoms with Crippen molar-refractivity contribution in [3.63, 3.8) is 0 Å². The SMILES string of the molecule is CCN1CCN(S(=O)(=O)c2ccc(O[C@H](C)C(=O)NC(C)C)cc2)CC1. The van der Waals surface area contributed by atoms with Gasteiger partial charge in [0, 0.05) is 32.2 Å². The van der Waals surface area contributed by atoms with Gasteiger partial charge in [-0.15, -0.1) is 0 Å². The Bertz CT molecular complexity index is 696. The fraction of sp³-hybridized carbons (Fsp3) is 0.611. The molecule has 146 valence electrons. The summed E-state index contributed by atoms with van der Waals surface area (Å²) in [4.78, 5) is 14.4. The summed E-state index contributed by atoms with van der Waals surface area (Å²) in [6.07, 6.45) is -0.651. The van der Waals surface area contributed by atoms with Gasteiger partial charge in [0.1, 0.15) is 5.75 Å². The van der Waals surface area contributed by atoms with Crippen LogP contribution in [0.5, 0.6) is 5.75 Å². The van der Waals surface area contributed by atoms with Gasteiger partial charge in [-0.05, 0) is 51.6 Å². The third-order valence-electron chi connectivity index (χ3n) is 4.35. The second kappa shape index (κ2) is 8.83. The lowest BCUT2D eigenvalue weighted by Crippen LogP contribution is -2.48. The first-order valence-electron chi connectivity index (χ1n) is 9.03. The van der Waals surface area contributed by atoms with E-state index in [9.17, 15) is 13.2 Å². The second-order valence-corrected chi connectivity index (χ2v) is 8.67. The minimum atomic E-state index is -3.50. The van der Waals surface area contributed by atoms with Crippen molar-refractivity contribution >= 4 is 15.9 Å². The van der Waals surface area contributed by atoms with E-state index in [1.807, 2.05) is 13.8 Å². The van der Waals surface area contributed by atoms with Crippen molar-refractivity contribution in [3.8, 4) is 5.75 Å². The monoisotopic (exact) mass is 383 g/mol. The predicted octanol–water partition coefficient (Wildman–Crippen LogP) is 1.30. The van der Waals surface area contributed by atoms with Crippen LogP contribution < -0.4 is 10.1 Å². The first kappa shape index (κ1) is 20.7. The van der Waals surface area contributed by atoms with Gasteiger partial charge in [0.2, 0.25) is 10.0 Å². The molecule has 2 rings (SSSR count). The highest BCUT2D eigenvalue weighted by atomic mass is 32.2. The second-order valence-electron chi connectivity index (χ2n) is 6.73. The number of benzene rings is 1. The van der Waals surface area contributed by atoms with Crippen molar-refractivity contribution in [1.82, 2.24) is 14.5 Å². The molecule has 1 aromatic rings. The summed E-state index contributed by atoms with van der Waals surface area (Å²) in [5.74, 6) is 0.261. The van der Waals surface area contributed by atoms with Crippen LogP contribution >= 0.6 is 0 Å². The molecule has 0 aliphatic carbocycles. The lowest BCUT2D eigenvalue weighted by molar-refractivity contribution is -0.127. The van der Waals surface area contributed by atoms with Crippen LogP contribution in [-0.4, -0.2) is 68.4 Å². The molecule has 0 saturated carbocycles. The quantitative estimate of drug-likeness (QED) is 0.768. The molecule has 1 fully saturated rings. The highest BCUT2D eigenvalue weighted by molar-refractivity contribution is 7.89. The van der Waals surface area contributed by atoms with Crippen LogP contribution in [0.1, 0.15) is 27.7 Å². The zero-order chi connectivity index (χ0) is 19.3. The summed E-state index contributed by atoms with van der Waals surface area (Å²) in [5, 5.41) is 2.78. The fourth-order valence-electron chi connectivity index (χ4n) is 2.78. The van der Waals surface area contributed by atoms with Crippen LogP contribution in [0, 0.1) is 0 Å². The molecule has 0 radical (unpaired) electrons. The summed E-state index contributed by atoms with van der Waals surface area (Å²) < 4.78 is 32.6. The van der Waals surface area contributed by atoms with Crippen molar-refractivity contribution in [2.45, 2.75) is 44.7 Å². The molecule has 1 saturated heterocycles. The summed E-state index contributed by atoms with van der Waals surface area (Å²) in [5.41, 5.74) is 0. The first-order valence-corrected chi connectivity index (χ1v) is 10.5. The molecule has 0 unspecified atom stereocenters. The van der Waals surface area contributed by atoms with Crippen LogP contribution in [-0.2, 0) is 14.8 Å². The van der Waals surface area contributed by atoms with Gasteiger partial charge < -0.3 is 15.0 Å². The van der Waals surface area contributed by atoms with E-state index < -0.39 is 16.1 Å². The molecular weight excluding hydrogens is 354 g/mol. The van der Waals surface area contributed by atoms with E-state index in [-0.39, 0.29) is 16.8 Å². The van der Waals surface area contributed by atoms with Crippen molar-refractivity contribution in [2.75, 3.05) is 32.7 Å². The zero-order valence-corrected chi connectivity index (χ0v) is 16.8. The van der Waals surface area contributed by atoms with Crippen molar-refractivity contribution < 1.29 is 17.9 Å². The van der Waals surface area contributed by atoms with E-state index in [1.165, 1.54) is 16.4 Å². The van der Waals surface area contributed by atoms with Crippen LogP contribution in [0.2, 0.25) is 0 Å². The molecule has 0 aromatic heterocycles. The molecule has 1 heterocycles. The van der Waals surface area contributed by atoms with E-state index >= 15 is 0 Å². The first-order chi connectivity index (χ1) is 12.2. The van der Waals surface area contributed by atoms with E-state index in [0.29, 0.717) is 18.8 Å². The number of hydrogen-bond acceptors (Lipinski definition) is 5. The normalized spacial score (nSPS) is 17.9. The zero-order valence-electron chi connectivity index (χ0n) is 15.9. The van der Waals surface area contributed by atoms with Gasteiger partial charge in [-0.2, -0.15) is 4.31 Å². The summed E-state index contributed by atoms with van der Waals surface area (Å²) >= 11 is 0. The summed E-state index contributed by atoms with van der Waals surface area (Å²) in [7, 11) is -3.50. The van der Waals surface area contributed by atoms with Gasteiger partial charge in [-0.1, -0.05) is 6.92 Å². The lowest BCUT2D eigenvalue weighted by Gasteiger charge is -2.33. The molecular formula is C18H29N3O4S. The Morgan fingerprint density at radius 2 is 1.69 bits per heavy atom. The number of likely N-dealkylation sites (N-methyl/N-ethyl adjacent to an activating group) is 1. The Morgan fingerprint density at radius 3 is 2.19 bits per heavy atom. The minimum absolute atomic E-state index is 0.0363. The molecule has 1 aromatic carbocycles. The molecule has 0 spiro atoms. The van der Waals surface area contributed by atoms with E-state index in [0.717, 1.165) is 19.6 Å². The molecule has 1 atom stereocenters. The number of nitrogens with zero attached hydrogens (tertiary/aromatic N) is 2. The maximum atomic E-state index is 12.7. The number of ether oxygens (including phenoxy) is 1. The lowest BCUT2D eigenvalue weighted by atomic mass is 10.3. The van der Waals surface area contributed by atoms with Gasteiger partial charge in [-0.25, -0.2) is 8.42 Å². The van der Waals surface area contributed by atoms with Crippen LogP contribution in [0.15, 0.2) is 29.2 Å². The van der Waals surface area contributed by atoms with Crippen molar-refractivity contribution in [2.24, 2.45) is 0 Å². The Balaban J connectivity index is 2.01. The number of amides is 1. The van der Waals surface area contributed by atoms with Crippen LogP contribution in [0.3, 0.4) is 0 Å². The molecule has 8 heteroatoms. The number of carbonyl (C=O) groups is 1. The average molecular weight is 384 g/mol. The Labute approximate surface area is 156 Å². The predicted molar refractivity (Wildman–Crippen MR) is 101 cm³/mol. The Kier molecular flexibility index (Phi) is 7.02. The summed E-state index contributed by atoms with van der Waals surface area (Å²) in [6, 6.07) is 6.28. The van der Waals surface area contributed by atoms with Gasteiger partial charge in [0.25, 0.3) is 5.91 Å². The smallest absolute Gasteiger partial charge is 0.260 e.